The Morgan fingerprint density at radius 1 is 1.33 bits per heavy atom. The molecule has 8 heteroatoms. The predicted octanol–water partition coefficient (Wildman–Crippen LogP) is 2.81. The van der Waals surface area contributed by atoms with E-state index in [2.05, 4.69) is 5.32 Å². The summed E-state index contributed by atoms with van der Waals surface area (Å²) in [4.78, 5) is 12.5. The maximum absolute atomic E-state index is 12.5. The minimum absolute atomic E-state index is 0.00242. The van der Waals surface area contributed by atoms with Crippen molar-refractivity contribution in [1.82, 2.24) is 5.32 Å². The van der Waals surface area contributed by atoms with Crippen LogP contribution in [0.3, 0.4) is 0 Å². The van der Waals surface area contributed by atoms with E-state index in [9.17, 15) is 13.2 Å². The number of sulfonamides is 1. The number of nitrogens with one attached hydrogen (secondary N) is 1. The van der Waals surface area contributed by atoms with Crippen LogP contribution in [0.15, 0.2) is 18.2 Å². The lowest BCUT2D eigenvalue weighted by Gasteiger charge is -2.30. The third-order valence-corrected chi connectivity index (χ3v) is 5.26. The Morgan fingerprint density at radius 2 is 1.92 bits per heavy atom. The van der Waals surface area contributed by atoms with Gasteiger partial charge in [0.15, 0.2) is 0 Å². The fourth-order valence-electron chi connectivity index (χ4n) is 2.43. The first-order chi connectivity index (χ1) is 11.1. The number of carbonyl (C=O) groups is 1. The molecule has 0 aliphatic rings. The number of rotatable bonds is 8. The van der Waals surface area contributed by atoms with Crippen LogP contribution in [0.25, 0.3) is 0 Å². The Hall–Kier alpha value is -1.47. The molecule has 1 amide bonds. The first-order valence-electron chi connectivity index (χ1n) is 7.78. The van der Waals surface area contributed by atoms with Gasteiger partial charge in [0.1, 0.15) is 11.8 Å². The number of ether oxygens (including phenoxy) is 1. The molecule has 0 aliphatic carbocycles. The molecule has 0 fully saturated rings. The average molecular weight is 377 g/mol. The molecule has 0 saturated carbocycles. The van der Waals surface area contributed by atoms with Crippen molar-refractivity contribution in [3.8, 4) is 5.75 Å². The Balaban J connectivity index is 3.29. The van der Waals surface area contributed by atoms with Gasteiger partial charge in [-0.05, 0) is 38.0 Å². The van der Waals surface area contributed by atoms with Crippen molar-refractivity contribution in [1.29, 1.82) is 0 Å². The van der Waals surface area contributed by atoms with Crippen LogP contribution in [-0.2, 0) is 14.8 Å². The summed E-state index contributed by atoms with van der Waals surface area (Å²) in [5.41, 5.74) is 0.236. The summed E-state index contributed by atoms with van der Waals surface area (Å²) in [6.07, 6.45) is 2.59. The van der Waals surface area contributed by atoms with Gasteiger partial charge in [0.05, 0.1) is 19.1 Å². The van der Waals surface area contributed by atoms with E-state index in [1.807, 2.05) is 13.8 Å². The van der Waals surface area contributed by atoms with E-state index >= 15 is 0 Å². The smallest absolute Gasteiger partial charge is 0.243 e. The minimum Gasteiger partial charge on any atom is -0.495 e. The molecule has 1 aromatic rings. The Bertz CT molecular complexity index is 675. The van der Waals surface area contributed by atoms with Gasteiger partial charge in [-0.1, -0.05) is 25.4 Å². The van der Waals surface area contributed by atoms with E-state index in [1.54, 1.807) is 19.1 Å². The Morgan fingerprint density at radius 3 is 2.38 bits per heavy atom. The standard InChI is InChI=1S/C16H25ClN2O4S/c1-6-13(7-2)18-16(20)11(3)19(24(5,21)22)14-10-12(17)8-9-15(14)23-4/h8-11,13H,6-7H2,1-5H3,(H,18,20). The summed E-state index contributed by atoms with van der Waals surface area (Å²) in [7, 11) is -2.29. The maximum atomic E-state index is 12.5. The molecule has 0 heterocycles. The SMILES string of the molecule is CCC(CC)NC(=O)C(C)N(c1cc(Cl)ccc1OC)S(C)(=O)=O. The Labute approximate surface area is 149 Å². The lowest BCUT2D eigenvalue weighted by molar-refractivity contribution is -0.122. The number of amides is 1. The van der Waals surface area contributed by atoms with Crippen molar-refractivity contribution < 1.29 is 17.9 Å². The van der Waals surface area contributed by atoms with Crippen LogP contribution in [-0.4, -0.2) is 39.8 Å². The molecule has 0 saturated heterocycles. The summed E-state index contributed by atoms with van der Waals surface area (Å²) in [6, 6.07) is 3.71. The van der Waals surface area contributed by atoms with Crippen molar-refractivity contribution >= 4 is 33.2 Å². The second-order valence-electron chi connectivity index (χ2n) is 5.57. The Kier molecular flexibility index (Phi) is 7.35. The topological polar surface area (TPSA) is 75.7 Å². The van der Waals surface area contributed by atoms with E-state index in [-0.39, 0.29) is 17.6 Å². The highest BCUT2D eigenvalue weighted by Gasteiger charge is 2.32. The quantitative estimate of drug-likeness (QED) is 0.756. The summed E-state index contributed by atoms with van der Waals surface area (Å²) >= 11 is 6.00. The fourth-order valence-corrected chi connectivity index (χ4v) is 3.77. The number of hydrogen-bond donors (Lipinski definition) is 1. The number of carbonyl (C=O) groups excluding carboxylic acids is 1. The summed E-state index contributed by atoms with van der Waals surface area (Å²) in [6.45, 7) is 5.47. The number of halogens is 1. The van der Waals surface area contributed by atoms with Crippen LogP contribution in [0.5, 0.6) is 5.75 Å². The van der Waals surface area contributed by atoms with Crippen LogP contribution >= 0.6 is 11.6 Å². The van der Waals surface area contributed by atoms with Crippen molar-refractivity contribution in [3.63, 3.8) is 0 Å². The van der Waals surface area contributed by atoms with Crippen LogP contribution < -0.4 is 14.4 Å². The number of benzene rings is 1. The second kappa shape index (κ2) is 8.58. The van der Waals surface area contributed by atoms with Crippen molar-refractivity contribution in [2.24, 2.45) is 0 Å². The largest absolute Gasteiger partial charge is 0.495 e. The molecule has 6 nitrogen and oxygen atoms in total. The third kappa shape index (κ3) is 5.01. The highest BCUT2D eigenvalue weighted by molar-refractivity contribution is 7.92. The molecule has 0 aromatic heterocycles. The van der Waals surface area contributed by atoms with E-state index in [0.29, 0.717) is 10.8 Å². The molecule has 0 radical (unpaired) electrons. The summed E-state index contributed by atoms with van der Waals surface area (Å²) < 4.78 is 30.9. The van der Waals surface area contributed by atoms with Crippen LogP contribution in [0.1, 0.15) is 33.6 Å². The fraction of sp³-hybridized carbons (Fsp3) is 0.562. The molecular weight excluding hydrogens is 352 g/mol. The van der Waals surface area contributed by atoms with Crippen LogP contribution in [0, 0.1) is 0 Å². The molecule has 1 atom stereocenters. The van der Waals surface area contributed by atoms with Crippen molar-refractivity contribution in [2.75, 3.05) is 17.7 Å². The lowest BCUT2D eigenvalue weighted by Crippen LogP contribution is -2.50. The zero-order chi connectivity index (χ0) is 18.5. The molecule has 1 aromatic carbocycles. The highest BCUT2D eigenvalue weighted by Crippen LogP contribution is 2.34. The third-order valence-electron chi connectivity index (χ3n) is 3.80. The van der Waals surface area contributed by atoms with E-state index in [0.717, 1.165) is 23.4 Å². The van der Waals surface area contributed by atoms with Gasteiger partial charge >= 0.3 is 0 Å². The zero-order valence-electron chi connectivity index (χ0n) is 14.7. The van der Waals surface area contributed by atoms with Gasteiger partial charge in [-0.2, -0.15) is 0 Å². The van der Waals surface area contributed by atoms with Crippen molar-refractivity contribution in [2.45, 2.75) is 45.7 Å². The van der Waals surface area contributed by atoms with Crippen molar-refractivity contribution in [3.05, 3.63) is 23.2 Å². The van der Waals surface area contributed by atoms with Gasteiger partial charge < -0.3 is 10.1 Å². The van der Waals surface area contributed by atoms with E-state index in [4.69, 9.17) is 16.3 Å². The number of anilines is 1. The molecule has 1 N–H and O–H groups in total. The summed E-state index contributed by atoms with van der Waals surface area (Å²) in [5, 5.41) is 3.23. The van der Waals surface area contributed by atoms with Gasteiger partial charge in [-0.25, -0.2) is 8.42 Å². The van der Waals surface area contributed by atoms with Gasteiger partial charge in [0.2, 0.25) is 15.9 Å². The first-order valence-corrected chi connectivity index (χ1v) is 10.0. The van der Waals surface area contributed by atoms with Gasteiger partial charge in [-0.3, -0.25) is 9.10 Å². The maximum Gasteiger partial charge on any atom is 0.243 e. The van der Waals surface area contributed by atoms with Gasteiger partial charge in [-0.15, -0.1) is 0 Å². The zero-order valence-corrected chi connectivity index (χ0v) is 16.2. The normalized spacial score (nSPS) is 12.8. The lowest BCUT2D eigenvalue weighted by atomic mass is 10.1. The second-order valence-corrected chi connectivity index (χ2v) is 7.87. The first kappa shape index (κ1) is 20.6. The molecular formula is C16H25ClN2O4S. The van der Waals surface area contributed by atoms with Crippen LogP contribution in [0.2, 0.25) is 5.02 Å². The monoisotopic (exact) mass is 376 g/mol. The molecule has 0 aliphatic heterocycles. The van der Waals surface area contributed by atoms with E-state index in [1.165, 1.54) is 13.2 Å². The van der Waals surface area contributed by atoms with Crippen LogP contribution in [0.4, 0.5) is 5.69 Å². The number of methoxy groups -OCH3 is 1. The van der Waals surface area contributed by atoms with E-state index < -0.39 is 16.1 Å². The molecule has 0 bridgehead atoms. The number of nitrogens with zero attached hydrogens (tertiary/aromatic N) is 1. The molecule has 24 heavy (non-hydrogen) atoms. The number of hydrogen-bond acceptors (Lipinski definition) is 4. The van der Waals surface area contributed by atoms with Gasteiger partial charge in [0, 0.05) is 11.1 Å². The van der Waals surface area contributed by atoms with Gasteiger partial charge in [0.25, 0.3) is 0 Å². The summed E-state index contributed by atoms with van der Waals surface area (Å²) in [5.74, 6) is -0.0387. The highest BCUT2D eigenvalue weighted by atomic mass is 35.5. The molecule has 1 rings (SSSR count). The minimum atomic E-state index is -3.73. The molecule has 136 valence electrons. The molecule has 0 spiro atoms. The molecule has 1 unspecified atom stereocenters. The average Bonchev–Trinajstić information content (AvgIpc) is 2.51. The predicted molar refractivity (Wildman–Crippen MR) is 97.3 cm³/mol.